The van der Waals surface area contributed by atoms with Gasteiger partial charge in [0.05, 0.1) is 5.54 Å². The Bertz CT molecular complexity index is 718. The third-order valence-corrected chi connectivity index (χ3v) is 6.07. The van der Waals surface area contributed by atoms with Gasteiger partial charge in [-0.05, 0) is 44.1 Å². The molecule has 0 amide bonds. The molecule has 0 spiro atoms. The summed E-state index contributed by atoms with van der Waals surface area (Å²) in [5.74, 6) is 0.384. The normalized spacial score (nSPS) is 15.2. The SMILES string of the molecule is CCC(C)(Pc1ccccc1C=NC(C)(C)C)c1ccccc1O. The Balaban J connectivity index is 2.39. The van der Waals surface area contributed by atoms with Crippen molar-refractivity contribution in [2.24, 2.45) is 4.99 Å². The molecule has 2 aromatic carbocycles. The van der Waals surface area contributed by atoms with Crippen LogP contribution in [0.5, 0.6) is 5.75 Å². The molecule has 1 N–H and O–H groups in total. The number of nitrogens with zero attached hydrogens (tertiary/aromatic N) is 1. The van der Waals surface area contributed by atoms with E-state index in [1.165, 1.54) is 10.9 Å². The standard InChI is InChI=1S/C21H28NOP/c1-6-21(5,17-12-8-9-13-18(17)23)24-19-14-10-7-11-16(19)15-22-20(2,3)4/h7-15,23-24H,6H2,1-5H3. The van der Waals surface area contributed by atoms with Gasteiger partial charge in [-0.3, -0.25) is 4.99 Å². The molecule has 2 aromatic rings. The lowest BCUT2D eigenvalue weighted by Gasteiger charge is -2.30. The number of phenolic OH excluding ortho intramolecular Hbond substituents is 1. The van der Waals surface area contributed by atoms with Gasteiger partial charge in [0, 0.05) is 16.9 Å². The van der Waals surface area contributed by atoms with Crippen LogP contribution >= 0.6 is 8.58 Å². The summed E-state index contributed by atoms with van der Waals surface area (Å²) in [5.41, 5.74) is 2.11. The van der Waals surface area contributed by atoms with E-state index in [-0.39, 0.29) is 10.7 Å². The Morgan fingerprint density at radius 3 is 2.25 bits per heavy atom. The van der Waals surface area contributed by atoms with Crippen molar-refractivity contribution >= 4 is 20.1 Å². The average Bonchev–Trinajstić information content (AvgIpc) is 2.53. The fourth-order valence-electron chi connectivity index (χ4n) is 2.57. The average molecular weight is 341 g/mol. The van der Waals surface area contributed by atoms with Crippen molar-refractivity contribution in [1.82, 2.24) is 0 Å². The van der Waals surface area contributed by atoms with E-state index in [1.807, 2.05) is 24.4 Å². The van der Waals surface area contributed by atoms with Crippen molar-refractivity contribution in [3.8, 4) is 5.75 Å². The molecule has 2 nitrogen and oxygen atoms in total. The number of phenols is 1. The third kappa shape index (κ3) is 4.68. The second kappa shape index (κ2) is 7.49. The third-order valence-electron chi connectivity index (χ3n) is 4.17. The number of aromatic hydroxyl groups is 1. The van der Waals surface area contributed by atoms with E-state index in [9.17, 15) is 5.11 Å². The Morgan fingerprint density at radius 2 is 1.62 bits per heavy atom. The number of para-hydroxylation sites is 1. The smallest absolute Gasteiger partial charge is 0.119 e. The summed E-state index contributed by atoms with van der Waals surface area (Å²) in [6, 6.07) is 16.1. The van der Waals surface area contributed by atoms with Crippen LogP contribution in [-0.2, 0) is 5.16 Å². The maximum Gasteiger partial charge on any atom is 0.119 e. The van der Waals surface area contributed by atoms with Gasteiger partial charge < -0.3 is 5.11 Å². The van der Waals surface area contributed by atoms with Gasteiger partial charge in [0.2, 0.25) is 0 Å². The number of hydrogen-bond donors (Lipinski definition) is 1. The Labute approximate surface area is 147 Å². The Kier molecular flexibility index (Phi) is 5.83. The number of rotatable bonds is 5. The fraction of sp³-hybridized carbons (Fsp3) is 0.381. The van der Waals surface area contributed by atoms with E-state index in [0.29, 0.717) is 14.3 Å². The van der Waals surface area contributed by atoms with E-state index in [0.717, 1.165) is 12.0 Å². The van der Waals surface area contributed by atoms with E-state index < -0.39 is 0 Å². The van der Waals surface area contributed by atoms with Crippen LogP contribution in [0.25, 0.3) is 0 Å². The molecule has 0 aliphatic carbocycles. The number of benzene rings is 2. The molecule has 0 aromatic heterocycles. The van der Waals surface area contributed by atoms with E-state index >= 15 is 0 Å². The molecule has 128 valence electrons. The molecule has 0 saturated carbocycles. The molecule has 0 radical (unpaired) electrons. The lowest BCUT2D eigenvalue weighted by atomic mass is 9.96. The Morgan fingerprint density at radius 1 is 1.00 bits per heavy atom. The van der Waals surface area contributed by atoms with Crippen LogP contribution in [0.4, 0.5) is 0 Å². The van der Waals surface area contributed by atoms with Crippen LogP contribution in [0.2, 0.25) is 0 Å². The maximum atomic E-state index is 10.3. The highest BCUT2D eigenvalue weighted by Crippen LogP contribution is 2.47. The zero-order chi connectivity index (χ0) is 17.8. The topological polar surface area (TPSA) is 32.6 Å². The summed E-state index contributed by atoms with van der Waals surface area (Å²) < 4.78 is 0. The summed E-state index contributed by atoms with van der Waals surface area (Å²) in [4.78, 5) is 4.66. The minimum absolute atomic E-state index is 0.0814. The largest absolute Gasteiger partial charge is 0.508 e. The highest BCUT2D eigenvalue weighted by atomic mass is 31.1. The minimum atomic E-state index is -0.0863. The second-order valence-corrected chi connectivity index (χ2v) is 9.24. The molecular weight excluding hydrogens is 313 g/mol. The summed E-state index contributed by atoms with van der Waals surface area (Å²) in [7, 11) is 0.563. The summed E-state index contributed by atoms with van der Waals surface area (Å²) in [6.07, 6.45) is 2.96. The fourth-order valence-corrected chi connectivity index (χ4v) is 4.16. The highest BCUT2D eigenvalue weighted by molar-refractivity contribution is 7.48. The van der Waals surface area contributed by atoms with Crippen molar-refractivity contribution in [2.45, 2.75) is 51.7 Å². The van der Waals surface area contributed by atoms with Gasteiger partial charge >= 0.3 is 0 Å². The predicted molar refractivity (Wildman–Crippen MR) is 107 cm³/mol. The first kappa shape index (κ1) is 18.7. The summed E-state index contributed by atoms with van der Waals surface area (Å²) >= 11 is 0. The van der Waals surface area contributed by atoms with Gasteiger partial charge in [-0.15, -0.1) is 0 Å². The van der Waals surface area contributed by atoms with Crippen LogP contribution in [0.1, 0.15) is 52.2 Å². The number of hydrogen-bond acceptors (Lipinski definition) is 2. The molecule has 2 unspecified atom stereocenters. The molecule has 24 heavy (non-hydrogen) atoms. The molecule has 3 heteroatoms. The van der Waals surface area contributed by atoms with E-state index in [4.69, 9.17) is 0 Å². The zero-order valence-electron chi connectivity index (χ0n) is 15.3. The zero-order valence-corrected chi connectivity index (χ0v) is 16.3. The highest BCUT2D eigenvalue weighted by Gasteiger charge is 2.28. The molecule has 0 heterocycles. The molecule has 2 rings (SSSR count). The second-order valence-electron chi connectivity index (χ2n) is 7.34. The predicted octanol–water partition coefficient (Wildman–Crippen LogP) is 5.24. The van der Waals surface area contributed by atoms with Crippen molar-refractivity contribution in [3.05, 3.63) is 59.7 Å². The summed E-state index contributed by atoms with van der Waals surface area (Å²) in [6.45, 7) is 10.7. The van der Waals surface area contributed by atoms with Gasteiger partial charge in [-0.2, -0.15) is 0 Å². The van der Waals surface area contributed by atoms with Crippen LogP contribution in [0.15, 0.2) is 53.5 Å². The maximum absolute atomic E-state index is 10.3. The first-order chi connectivity index (χ1) is 11.2. The monoisotopic (exact) mass is 341 g/mol. The van der Waals surface area contributed by atoms with Gasteiger partial charge in [-0.25, -0.2) is 0 Å². The molecule has 0 aliphatic rings. The molecular formula is C21H28NOP. The van der Waals surface area contributed by atoms with Crippen LogP contribution in [-0.4, -0.2) is 16.9 Å². The van der Waals surface area contributed by atoms with Crippen LogP contribution in [0.3, 0.4) is 0 Å². The Hall–Kier alpha value is -1.66. The van der Waals surface area contributed by atoms with Gasteiger partial charge in [0.25, 0.3) is 0 Å². The van der Waals surface area contributed by atoms with Gasteiger partial charge in [0.1, 0.15) is 5.75 Å². The molecule has 0 fully saturated rings. The lowest BCUT2D eigenvalue weighted by molar-refractivity contribution is 0.457. The lowest BCUT2D eigenvalue weighted by Crippen LogP contribution is -2.20. The van der Waals surface area contributed by atoms with E-state index in [2.05, 4.69) is 63.9 Å². The molecule has 0 saturated heterocycles. The first-order valence-corrected chi connectivity index (χ1v) is 9.46. The van der Waals surface area contributed by atoms with Crippen LogP contribution < -0.4 is 5.30 Å². The molecule has 0 aliphatic heterocycles. The van der Waals surface area contributed by atoms with Gasteiger partial charge in [0.15, 0.2) is 0 Å². The summed E-state index contributed by atoms with van der Waals surface area (Å²) in [5, 5.41) is 11.5. The van der Waals surface area contributed by atoms with E-state index in [1.54, 1.807) is 6.07 Å². The van der Waals surface area contributed by atoms with Gasteiger partial charge in [-0.1, -0.05) is 64.9 Å². The molecule has 0 bridgehead atoms. The van der Waals surface area contributed by atoms with Crippen molar-refractivity contribution in [1.29, 1.82) is 0 Å². The number of aliphatic imine (C=N–C) groups is 1. The van der Waals surface area contributed by atoms with Crippen LogP contribution in [0, 0.1) is 0 Å². The minimum Gasteiger partial charge on any atom is -0.508 e. The molecule has 2 atom stereocenters. The van der Waals surface area contributed by atoms with Crippen molar-refractivity contribution in [2.75, 3.05) is 0 Å². The quantitative estimate of drug-likeness (QED) is 0.585. The first-order valence-electron chi connectivity index (χ1n) is 8.46. The van der Waals surface area contributed by atoms with Crippen molar-refractivity contribution < 1.29 is 5.11 Å². The van der Waals surface area contributed by atoms with Crippen molar-refractivity contribution in [3.63, 3.8) is 0 Å².